The van der Waals surface area contributed by atoms with Crippen molar-refractivity contribution in [2.75, 3.05) is 7.11 Å². The summed E-state index contributed by atoms with van der Waals surface area (Å²) in [6.07, 6.45) is -0.857. The van der Waals surface area contributed by atoms with Crippen molar-refractivity contribution in [3.8, 4) is 0 Å². The van der Waals surface area contributed by atoms with E-state index in [9.17, 15) is 4.79 Å². The van der Waals surface area contributed by atoms with Crippen LogP contribution in [0.4, 0.5) is 0 Å². The lowest BCUT2D eigenvalue weighted by atomic mass is 10.2. The highest BCUT2D eigenvalue weighted by atomic mass is 35.5. The summed E-state index contributed by atoms with van der Waals surface area (Å²) in [6, 6.07) is -0.855. The average Bonchev–Trinajstić information content (AvgIpc) is 1.88. The standard InChI is InChI=1S/C5H10ClNO3/c1-3(8)4(7-6)5(9)10-2/h3-4,7-8H,1-2H3/t3-,4+/m1/s1. The Morgan fingerprint density at radius 1 is 1.80 bits per heavy atom. The summed E-state index contributed by atoms with van der Waals surface area (Å²) in [4.78, 5) is 12.8. The molecule has 0 aliphatic rings. The third-order valence-corrected chi connectivity index (χ3v) is 1.29. The zero-order valence-corrected chi connectivity index (χ0v) is 6.55. The SMILES string of the molecule is COC(=O)[C@@H](NCl)[C@@H](C)O. The quantitative estimate of drug-likeness (QED) is 0.446. The van der Waals surface area contributed by atoms with Crippen LogP contribution in [-0.2, 0) is 9.53 Å². The van der Waals surface area contributed by atoms with Gasteiger partial charge in [0.05, 0.1) is 13.2 Å². The molecule has 4 nitrogen and oxygen atoms in total. The van der Waals surface area contributed by atoms with Gasteiger partial charge in [-0.15, -0.1) is 0 Å². The van der Waals surface area contributed by atoms with Crippen LogP contribution in [0.2, 0.25) is 0 Å². The minimum atomic E-state index is -0.857. The smallest absolute Gasteiger partial charge is 0.326 e. The normalized spacial score (nSPS) is 16.0. The van der Waals surface area contributed by atoms with Crippen molar-refractivity contribution < 1.29 is 14.6 Å². The molecule has 0 fully saturated rings. The first kappa shape index (κ1) is 9.68. The predicted octanol–water partition coefficient (Wildman–Crippen LogP) is -0.348. The summed E-state index contributed by atoms with van der Waals surface area (Å²) in [5.74, 6) is -0.579. The van der Waals surface area contributed by atoms with Crippen LogP contribution in [0.5, 0.6) is 0 Å². The molecule has 0 radical (unpaired) electrons. The molecule has 0 bridgehead atoms. The Balaban J connectivity index is 3.93. The molecule has 2 N–H and O–H groups in total. The summed E-state index contributed by atoms with van der Waals surface area (Å²) < 4.78 is 4.32. The van der Waals surface area contributed by atoms with Gasteiger partial charge < -0.3 is 9.84 Å². The molecule has 0 aliphatic carbocycles. The van der Waals surface area contributed by atoms with E-state index in [-0.39, 0.29) is 0 Å². The van der Waals surface area contributed by atoms with Gasteiger partial charge in [-0.05, 0) is 18.7 Å². The number of ether oxygens (including phenoxy) is 1. The minimum absolute atomic E-state index is 0.579. The molecule has 0 saturated carbocycles. The molecule has 0 aliphatic heterocycles. The van der Waals surface area contributed by atoms with Gasteiger partial charge in [-0.3, -0.25) is 4.79 Å². The van der Waals surface area contributed by atoms with Crippen molar-refractivity contribution in [1.82, 2.24) is 4.84 Å². The van der Waals surface area contributed by atoms with Gasteiger partial charge in [-0.25, -0.2) is 4.84 Å². The Morgan fingerprint density at radius 2 is 2.30 bits per heavy atom. The number of hydrogen-bond acceptors (Lipinski definition) is 4. The number of carbonyl (C=O) groups excluding carboxylic acids is 1. The summed E-state index contributed by atoms with van der Waals surface area (Å²) in [5, 5.41) is 8.87. The largest absolute Gasteiger partial charge is 0.468 e. The second kappa shape index (κ2) is 4.49. The second-order valence-corrected chi connectivity index (χ2v) is 2.07. The minimum Gasteiger partial charge on any atom is -0.468 e. The van der Waals surface area contributed by atoms with E-state index in [1.165, 1.54) is 14.0 Å². The molecular weight excluding hydrogens is 158 g/mol. The lowest BCUT2D eigenvalue weighted by Gasteiger charge is -2.13. The molecule has 0 spiro atoms. The summed E-state index contributed by atoms with van der Waals surface area (Å²) >= 11 is 5.13. The summed E-state index contributed by atoms with van der Waals surface area (Å²) in [6.45, 7) is 1.44. The van der Waals surface area contributed by atoms with Gasteiger partial charge >= 0.3 is 5.97 Å². The molecule has 0 aromatic heterocycles. The van der Waals surface area contributed by atoms with Crippen LogP contribution in [0.15, 0.2) is 0 Å². The van der Waals surface area contributed by atoms with Crippen molar-refractivity contribution in [3.63, 3.8) is 0 Å². The molecule has 0 aromatic carbocycles. The van der Waals surface area contributed by atoms with Crippen LogP contribution in [0.25, 0.3) is 0 Å². The first-order chi connectivity index (χ1) is 4.63. The summed E-state index contributed by atoms with van der Waals surface area (Å²) in [7, 11) is 1.23. The van der Waals surface area contributed by atoms with Crippen LogP contribution < -0.4 is 4.84 Å². The lowest BCUT2D eigenvalue weighted by molar-refractivity contribution is -0.145. The average molecular weight is 168 g/mol. The molecule has 0 aromatic rings. The number of methoxy groups -OCH3 is 1. The Morgan fingerprint density at radius 3 is 2.40 bits per heavy atom. The molecule has 0 rings (SSSR count). The van der Waals surface area contributed by atoms with Crippen LogP contribution in [-0.4, -0.2) is 30.3 Å². The topological polar surface area (TPSA) is 58.6 Å². The van der Waals surface area contributed by atoms with E-state index < -0.39 is 18.1 Å². The number of rotatable bonds is 3. The first-order valence-electron chi connectivity index (χ1n) is 2.75. The Labute approximate surface area is 64.2 Å². The lowest BCUT2D eigenvalue weighted by Crippen LogP contribution is -2.41. The first-order valence-corrected chi connectivity index (χ1v) is 3.13. The maximum absolute atomic E-state index is 10.7. The maximum atomic E-state index is 10.7. The predicted molar refractivity (Wildman–Crippen MR) is 36.5 cm³/mol. The number of esters is 1. The van der Waals surface area contributed by atoms with E-state index in [2.05, 4.69) is 9.57 Å². The van der Waals surface area contributed by atoms with Crippen LogP contribution in [0.1, 0.15) is 6.92 Å². The van der Waals surface area contributed by atoms with E-state index in [1.54, 1.807) is 0 Å². The van der Waals surface area contributed by atoms with Gasteiger partial charge in [-0.1, -0.05) is 0 Å². The molecule has 60 valence electrons. The van der Waals surface area contributed by atoms with Crippen molar-refractivity contribution >= 4 is 17.7 Å². The zero-order chi connectivity index (χ0) is 8.15. The van der Waals surface area contributed by atoms with Gasteiger partial charge in [0, 0.05) is 0 Å². The highest BCUT2D eigenvalue weighted by molar-refractivity contribution is 6.14. The highest BCUT2D eigenvalue weighted by Crippen LogP contribution is 1.95. The molecule has 0 unspecified atom stereocenters. The number of nitrogens with one attached hydrogen (secondary N) is 1. The van der Waals surface area contributed by atoms with Crippen LogP contribution in [0, 0.1) is 0 Å². The fraction of sp³-hybridized carbons (Fsp3) is 0.800. The number of aliphatic hydroxyl groups excluding tert-OH is 1. The van der Waals surface area contributed by atoms with Crippen LogP contribution >= 0.6 is 11.8 Å². The van der Waals surface area contributed by atoms with Gasteiger partial charge in [-0.2, -0.15) is 0 Å². The molecular formula is C5H10ClNO3. The second-order valence-electron chi connectivity index (χ2n) is 1.85. The fourth-order valence-electron chi connectivity index (χ4n) is 0.460. The van der Waals surface area contributed by atoms with E-state index in [0.29, 0.717) is 0 Å². The Hall–Kier alpha value is -0.320. The third-order valence-electron chi connectivity index (χ3n) is 1.06. The number of halogens is 1. The van der Waals surface area contributed by atoms with Crippen LogP contribution in [0.3, 0.4) is 0 Å². The van der Waals surface area contributed by atoms with Gasteiger partial charge in [0.2, 0.25) is 0 Å². The van der Waals surface area contributed by atoms with E-state index in [4.69, 9.17) is 16.9 Å². The van der Waals surface area contributed by atoms with E-state index in [1.807, 2.05) is 0 Å². The van der Waals surface area contributed by atoms with Gasteiger partial charge in [0.25, 0.3) is 0 Å². The third kappa shape index (κ3) is 2.51. The fourth-order valence-corrected chi connectivity index (χ4v) is 0.731. The van der Waals surface area contributed by atoms with Crippen molar-refractivity contribution in [2.24, 2.45) is 0 Å². The van der Waals surface area contributed by atoms with E-state index >= 15 is 0 Å². The molecule has 0 saturated heterocycles. The Kier molecular flexibility index (Phi) is 4.34. The monoisotopic (exact) mass is 167 g/mol. The summed E-state index contributed by atoms with van der Waals surface area (Å²) in [5.41, 5.74) is 0. The van der Waals surface area contributed by atoms with E-state index in [0.717, 1.165) is 0 Å². The van der Waals surface area contributed by atoms with Crippen molar-refractivity contribution in [3.05, 3.63) is 0 Å². The maximum Gasteiger partial charge on any atom is 0.326 e. The Bertz CT molecular complexity index is 117. The number of hydrogen-bond donors (Lipinski definition) is 2. The van der Waals surface area contributed by atoms with Gasteiger partial charge in [0.15, 0.2) is 0 Å². The number of aliphatic hydroxyl groups is 1. The number of carbonyl (C=O) groups is 1. The van der Waals surface area contributed by atoms with Gasteiger partial charge in [0.1, 0.15) is 6.04 Å². The van der Waals surface area contributed by atoms with Crippen molar-refractivity contribution in [1.29, 1.82) is 0 Å². The molecule has 0 amide bonds. The molecule has 0 heterocycles. The molecule has 10 heavy (non-hydrogen) atoms. The highest BCUT2D eigenvalue weighted by Gasteiger charge is 2.22. The van der Waals surface area contributed by atoms with Crippen molar-refractivity contribution in [2.45, 2.75) is 19.1 Å². The molecule has 5 heteroatoms. The molecule has 2 atom stereocenters. The zero-order valence-electron chi connectivity index (χ0n) is 5.80.